The number of hydrogen-bond donors (Lipinski definition) is 1. The van der Waals surface area contributed by atoms with Crippen LogP contribution < -0.4 is 35.3 Å². The zero-order chi connectivity index (χ0) is 19.6. The Labute approximate surface area is 190 Å². The molecule has 0 bridgehead atoms. The normalized spacial score (nSPS) is 15.2. The van der Waals surface area contributed by atoms with Gasteiger partial charge in [-0.15, -0.1) is 0 Å². The number of carbonyl (C=O) groups excluding carboxylic acids is 1. The standard InChI is InChI=1S/C21H25NO4S.Na.H/c1-3-12-26-27(24,25)13-14(2)19(21(22)23)20-17-10-6-4-8-15(17)16-9-5-7-11-18(16)20;;/h4-11,14,19-20H,3,12-13H2,1-2H3,(H2,22,23);;/q;+1;-1. The summed E-state index contributed by atoms with van der Waals surface area (Å²) >= 11 is 0. The zero-order valence-electron chi connectivity index (χ0n) is 17.6. The average Bonchev–Trinajstić information content (AvgIpc) is 2.95. The van der Waals surface area contributed by atoms with Crippen molar-refractivity contribution in [1.29, 1.82) is 0 Å². The molecular formula is C21H26NNaO4S. The monoisotopic (exact) mass is 411 g/mol. The molecule has 1 aliphatic carbocycles. The predicted octanol–water partition coefficient (Wildman–Crippen LogP) is 0.409. The maximum atomic E-state index is 12.4. The number of rotatable bonds is 8. The summed E-state index contributed by atoms with van der Waals surface area (Å²) in [5, 5.41) is 0. The summed E-state index contributed by atoms with van der Waals surface area (Å²) in [6.45, 7) is 3.74. The van der Waals surface area contributed by atoms with Gasteiger partial charge in [0.25, 0.3) is 10.1 Å². The fourth-order valence-corrected chi connectivity index (χ4v) is 5.41. The SMILES string of the molecule is CCCOS(=O)(=O)CC(C)C(C(N)=O)C1c2ccccc2-c2ccccc21.[H-].[Na+]. The smallest absolute Gasteiger partial charge is 1.00 e. The van der Waals surface area contributed by atoms with Gasteiger partial charge in [-0.05, 0) is 34.6 Å². The minimum Gasteiger partial charge on any atom is -1.00 e. The maximum Gasteiger partial charge on any atom is 1.00 e. The number of benzene rings is 2. The van der Waals surface area contributed by atoms with E-state index in [9.17, 15) is 13.2 Å². The molecule has 2 aromatic carbocycles. The van der Waals surface area contributed by atoms with Gasteiger partial charge in [0.05, 0.1) is 18.3 Å². The molecule has 3 rings (SSSR count). The average molecular weight is 411 g/mol. The van der Waals surface area contributed by atoms with E-state index < -0.39 is 27.9 Å². The second-order valence-electron chi connectivity index (χ2n) is 7.10. The zero-order valence-corrected chi connectivity index (χ0v) is 19.4. The fourth-order valence-electron chi connectivity index (χ4n) is 4.04. The second kappa shape index (κ2) is 9.55. The molecule has 1 aliphatic rings. The van der Waals surface area contributed by atoms with E-state index >= 15 is 0 Å². The summed E-state index contributed by atoms with van der Waals surface area (Å²) in [5.41, 5.74) is 9.95. The first-order valence-electron chi connectivity index (χ1n) is 9.20. The molecule has 1 amide bonds. The van der Waals surface area contributed by atoms with Gasteiger partial charge in [-0.2, -0.15) is 8.42 Å². The van der Waals surface area contributed by atoms with Gasteiger partial charge in [-0.25, -0.2) is 0 Å². The van der Waals surface area contributed by atoms with Crippen molar-refractivity contribution < 1.29 is 48.4 Å². The Morgan fingerprint density at radius 2 is 1.61 bits per heavy atom. The largest absolute Gasteiger partial charge is 1.00 e. The molecule has 2 unspecified atom stereocenters. The molecule has 0 aliphatic heterocycles. The van der Waals surface area contributed by atoms with Crippen LogP contribution in [0, 0.1) is 11.8 Å². The molecule has 2 atom stereocenters. The van der Waals surface area contributed by atoms with Crippen LogP contribution in [0.25, 0.3) is 11.1 Å². The van der Waals surface area contributed by atoms with E-state index in [1.165, 1.54) is 0 Å². The first-order chi connectivity index (χ1) is 12.9. The molecule has 7 heteroatoms. The van der Waals surface area contributed by atoms with Gasteiger partial charge in [0, 0.05) is 5.92 Å². The van der Waals surface area contributed by atoms with E-state index in [0.717, 1.165) is 22.3 Å². The van der Waals surface area contributed by atoms with E-state index in [-0.39, 0.29) is 49.3 Å². The summed E-state index contributed by atoms with van der Waals surface area (Å²) in [6.07, 6.45) is 0.607. The summed E-state index contributed by atoms with van der Waals surface area (Å²) in [6, 6.07) is 15.8. The first kappa shape index (κ1) is 23.1. The van der Waals surface area contributed by atoms with E-state index in [0.29, 0.717) is 6.42 Å². The Balaban J connectivity index is 0.00000210. The van der Waals surface area contributed by atoms with Gasteiger partial charge in [0.15, 0.2) is 0 Å². The number of carbonyl (C=O) groups is 1. The molecule has 0 aromatic heterocycles. The summed E-state index contributed by atoms with van der Waals surface area (Å²) in [5.74, 6) is -2.11. The van der Waals surface area contributed by atoms with Gasteiger partial charge in [-0.1, -0.05) is 62.4 Å². The molecule has 28 heavy (non-hydrogen) atoms. The van der Waals surface area contributed by atoms with Crippen LogP contribution in [0.2, 0.25) is 0 Å². The van der Waals surface area contributed by atoms with Crippen LogP contribution in [0.3, 0.4) is 0 Å². The molecule has 146 valence electrons. The molecule has 0 radical (unpaired) electrons. The van der Waals surface area contributed by atoms with Crippen molar-refractivity contribution in [2.45, 2.75) is 26.2 Å². The van der Waals surface area contributed by atoms with Crippen molar-refractivity contribution in [3.8, 4) is 11.1 Å². The summed E-state index contributed by atoms with van der Waals surface area (Å²) in [4.78, 5) is 12.4. The number of hydrogen-bond acceptors (Lipinski definition) is 4. The van der Waals surface area contributed by atoms with Gasteiger partial charge < -0.3 is 7.16 Å². The van der Waals surface area contributed by atoms with Crippen molar-refractivity contribution in [1.82, 2.24) is 0 Å². The molecule has 0 fully saturated rings. The van der Waals surface area contributed by atoms with Crippen LogP contribution in [0.5, 0.6) is 0 Å². The fraction of sp³-hybridized carbons (Fsp3) is 0.381. The second-order valence-corrected chi connectivity index (χ2v) is 8.79. The molecule has 0 saturated heterocycles. The van der Waals surface area contributed by atoms with Crippen LogP contribution in [0.15, 0.2) is 48.5 Å². The molecule has 5 nitrogen and oxygen atoms in total. The minimum absolute atomic E-state index is 0. The number of nitrogens with two attached hydrogens (primary N) is 1. The number of primary amides is 1. The molecule has 0 heterocycles. The Bertz CT molecular complexity index is 906. The predicted molar refractivity (Wildman–Crippen MR) is 107 cm³/mol. The molecule has 0 saturated carbocycles. The Hall–Kier alpha value is -1.18. The third-order valence-electron chi connectivity index (χ3n) is 5.12. The van der Waals surface area contributed by atoms with Crippen LogP contribution in [-0.4, -0.2) is 26.7 Å². The van der Waals surface area contributed by atoms with E-state index in [1.54, 1.807) is 6.92 Å². The van der Waals surface area contributed by atoms with Gasteiger partial charge in [0.2, 0.25) is 5.91 Å². The third-order valence-corrected chi connectivity index (χ3v) is 6.58. The number of fused-ring (bicyclic) bond motifs is 3. The van der Waals surface area contributed by atoms with Gasteiger partial charge in [0.1, 0.15) is 0 Å². The quantitative estimate of drug-likeness (QED) is 0.504. The Morgan fingerprint density at radius 1 is 1.11 bits per heavy atom. The van der Waals surface area contributed by atoms with E-state index in [2.05, 4.69) is 0 Å². The Morgan fingerprint density at radius 3 is 2.07 bits per heavy atom. The van der Waals surface area contributed by atoms with Gasteiger partial charge in [-0.3, -0.25) is 8.98 Å². The summed E-state index contributed by atoms with van der Waals surface area (Å²) in [7, 11) is -3.71. The van der Waals surface area contributed by atoms with Crippen LogP contribution >= 0.6 is 0 Å². The van der Waals surface area contributed by atoms with Crippen LogP contribution in [-0.2, 0) is 19.1 Å². The Kier molecular flexibility index (Phi) is 7.88. The molecule has 2 aromatic rings. The molecular weight excluding hydrogens is 385 g/mol. The van der Waals surface area contributed by atoms with E-state index in [1.807, 2.05) is 55.5 Å². The van der Waals surface area contributed by atoms with Crippen LogP contribution in [0.1, 0.15) is 38.7 Å². The van der Waals surface area contributed by atoms with Crippen molar-refractivity contribution in [3.05, 3.63) is 59.7 Å². The maximum absolute atomic E-state index is 12.4. The molecule has 0 spiro atoms. The third kappa shape index (κ3) is 4.69. The van der Waals surface area contributed by atoms with Gasteiger partial charge >= 0.3 is 29.6 Å². The van der Waals surface area contributed by atoms with E-state index in [4.69, 9.17) is 9.92 Å². The first-order valence-corrected chi connectivity index (χ1v) is 10.8. The topological polar surface area (TPSA) is 86.5 Å². The van der Waals surface area contributed by atoms with Crippen molar-refractivity contribution in [2.24, 2.45) is 17.6 Å². The summed E-state index contributed by atoms with van der Waals surface area (Å²) < 4.78 is 29.5. The minimum atomic E-state index is -3.71. The van der Waals surface area contributed by atoms with Crippen LogP contribution in [0.4, 0.5) is 0 Å². The number of amides is 1. The van der Waals surface area contributed by atoms with Crippen molar-refractivity contribution in [3.63, 3.8) is 0 Å². The van der Waals surface area contributed by atoms with Crippen molar-refractivity contribution >= 4 is 16.0 Å². The molecule has 2 N–H and O–H groups in total. The van der Waals surface area contributed by atoms with Crippen molar-refractivity contribution in [2.75, 3.05) is 12.4 Å².